The van der Waals surface area contributed by atoms with E-state index in [2.05, 4.69) is 29.7 Å². The molecule has 1 fully saturated rings. The molecule has 1 aliphatic heterocycles. The van der Waals surface area contributed by atoms with E-state index in [9.17, 15) is 4.79 Å². The van der Waals surface area contributed by atoms with Crippen LogP contribution in [0.4, 0.5) is 0 Å². The summed E-state index contributed by atoms with van der Waals surface area (Å²) in [6.07, 6.45) is 2.93. The van der Waals surface area contributed by atoms with E-state index in [0.29, 0.717) is 12.3 Å². The minimum absolute atomic E-state index is 0.131. The summed E-state index contributed by atoms with van der Waals surface area (Å²) >= 11 is 0. The third-order valence-electron chi connectivity index (χ3n) is 3.43. The molecule has 0 aromatic heterocycles. The first-order chi connectivity index (χ1) is 8.74. The normalized spacial score (nSPS) is 19.5. The number of hydrogen-bond donors (Lipinski definition) is 2. The van der Waals surface area contributed by atoms with Crippen molar-refractivity contribution < 1.29 is 4.79 Å². The van der Waals surface area contributed by atoms with Crippen molar-refractivity contribution in [3.63, 3.8) is 0 Å². The molecule has 1 saturated heterocycles. The highest BCUT2D eigenvalue weighted by atomic mass is 16.1. The lowest BCUT2D eigenvalue weighted by Crippen LogP contribution is -2.38. The van der Waals surface area contributed by atoms with E-state index < -0.39 is 0 Å². The Labute approximate surface area is 109 Å². The molecule has 0 aliphatic carbocycles. The van der Waals surface area contributed by atoms with Crippen LogP contribution in [0, 0.1) is 12.8 Å². The van der Waals surface area contributed by atoms with Gasteiger partial charge in [0.05, 0.1) is 6.42 Å². The summed E-state index contributed by atoms with van der Waals surface area (Å²) < 4.78 is 0. The van der Waals surface area contributed by atoms with Gasteiger partial charge in [-0.25, -0.2) is 0 Å². The van der Waals surface area contributed by atoms with Crippen LogP contribution in [0.1, 0.15) is 24.0 Å². The van der Waals surface area contributed by atoms with Gasteiger partial charge in [-0.15, -0.1) is 0 Å². The molecule has 3 heteroatoms. The van der Waals surface area contributed by atoms with Gasteiger partial charge >= 0.3 is 0 Å². The Kier molecular flexibility index (Phi) is 4.76. The Bertz CT molecular complexity index is 397. The molecule has 0 saturated carbocycles. The van der Waals surface area contributed by atoms with Gasteiger partial charge in [0.15, 0.2) is 0 Å². The minimum atomic E-state index is 0.131. The second-order valence-corrected chi connectivity index (χ2v) is 5.18. The van der Waals surface area contributed by atoms with Gasteiger partial charge in [0.2, 0.25) is 5.91 Å². The van der Waals surface area contributed by atoms with Gasteiger partial charge < -0.3 is 10.6 Å². The standard InChI is InChI=1S/C15H22N2O/c1-12-4-2-5-13(8-12)9-15(18)17-11-14-6-3-7-16-10-14/h2,4-5,8,14,16H,3,6-7,9-11H2,1H3,(H,17,18). The average molecular weight is 246 g/mol. The minimum Gasteiger partial charge on any atom is -0.355 e. The van der Waals surface area contributed by atoms with Crippen LogP contribution >= 0.6 is 0 Å². The van der Waals surface area contributed by atoms with E-state index in [1.165, 1.54) is 18.4 Å². The van der Waals surface area contributed by atoms with Gasteiger partial charge in [-0.2, -0.15) is 0 Å². The number of carbonyl (C=O) groups is 1. The quantitative estimate of drug-likeness (QED) is 0.848. The van der Waals surface area contributed by atoms with Crippen LogP contribution in [0.25, 0.3) is 0 Å². The molecule has 2 N–H and O–H groups in total. The number of rotatable bonds is 4. The molecule has 1 aromatic rings. The van der Waals surface area contributed by atoms with Crippen molar-refractivity contribution in [2.75, 3.05) is 19.6 Å². The van der Waals surface area contributed by atoms with Gasteiger partial charge in [-0.3, -0.25) is 4.79 Å². The maximum Gasteiger partial charge on any atom is 0.224 e. The van der Waals surface area contributed by atoms with Crippen LogP contribution in [0.15, 0.2) is 24.3 Å². The summed E-state index contributed by atoms with van der Waals surface area (Å²) in [7, 11) is 0. The monoisotopic (exact) mass is 246 g/mol. The summed E-state index contributed by atoms with van der Waals surface area (Å²) in [6, 6.07) is 8.13. The van der Waals surface area contributed by atoms with Crippen molar-refractivity contribution in [3.05, 3.63) is 35.4 Å². The van der Waals surface area contributed by atoms with Crippen LogP contribution in [0.5, 0.6) is 0 Å². The summed E-state index contributed by atoms with van der Waals surface area (Å²) in [5, 5.41) is 6.41. The second-order valence-electron chi connectivity index (χ2n) is 5.18. The van der Waals surface area contributed by atoms with E-state index in [4.69, 9.17) is 0 Å². The van der Waals surface area contributed by atoms with Gasteiger partial charge in [0.1, 0.15) is 0 Å². The van der Waals surface area contributed by atoms with Gasteiger partial charge in [-0.1, -0.05) is 29.8 Å². The highest BCUT2D eigenvalue weighted by molar-refractivity contribution is 5.78. The first kappa shape index (κ1) is 13.1. The highest BCUT2D eigenvalue weighted by Crippen LogP contribution is 2.09. The van der Waals surface area contributed by atoms with Crippen LogP contribution in [0.3, 0.4) is 0 Å². The maximum atomic E-state index is 11.8. The zero-order valence-corrected chi connectivity index (χ0v) is 11.0. The number of nitrogens with one attached hydrogen (secondary N) is 2. The lowest BCUT2D eigenvalue weighted by atomic mass is 9.99. The first-order valence-electron chi connectivity index (χ1n) is 6.77. The Morgan fingerprint density at radius 1 is 1.50 bits per heavy atom. The second kappa shape index (κ2) is 6.55. The number of amides is 1. The zero-order valence-electron chi connectivity index (χ0n) is 11.0. The topological polar surface area (TPSA) is 41.1 Å². The molecule has 98 valence electrons. The summed E-state index contributed by atoms with van der Waals surface area (Å²) in [6.45, 7) is 5.01. The molecule has 1 atom stereocenters. The number of carbonyl (C=O) groups excluding carboxylic acids is 1. The highest BCUT2D eigenvalue weighted by Gasteiger charge is 2.13. The molecule has 0 spiro atoms. The molecule has 3 nitrogen and oxygen atoms in total. The fourth-order valence-electron chi connectivity index (χ4n) is 2.43. The number of benzene rings is 1. The Morgan fingerprint density at radius 2 is 2.39 bits per heavy atom. The Morgan fingerprint density at radius 3 is 3.11 bits per heavy atom. The van der Waals surface area contributed by atoms with E-state index in [1.54, 1.807) is 0 Å². The molecular weight excluding hydrogens is 224 g/mol. The Hall–Kier alpha value is -1.35. The largest absolute Gasteiger partial charge is 0.355 e. The predicted octanol–water partition coefficient (Wildman–Crippen LogP) is 1.65. The molecule has 1 aromatic carbocycles. The van der Waals surface area contributed by atoms with Crippen molar-refractivity contribution in [1.82, 2.24) is 10.6 Å². The molecule has 0 radical (unpaired) electrons. The SMILES string of the molecule is Cc1cccc(CC(=O)NCC2CCCNC2)c1. The van der Waals surface area contributed by atoms with E-state index >= 15 is 0 Å². The van der Waals surface area contributed by atoms with E-state index in [0.717, 1.165) is 25.2 Å². The van der Waals surface area contributed by atoms with Crippen LogP contribution in [-0.2, 0) is 11.2 Å². The molecule has 1 amide bonds. The lowest BCUT2D eigenvalue weighted by molar-refractivity contribution is -0.120. The molecule has 0 bridgehead atoms. The molecule has 2 rings (SSSR count). The van der Waals surface area contributed by atoms with Gasteiger partial charge in [0.25, 0.3) is 0 Å². The summed E-state index contributed by atoms with van der Waals surface area (Å²) in [4.78, 5) is 11.8. The Balaban J connectivity index is 1.74. The third kappa shape index (κ3) is 4.15. The zero-order chi connectivity index (χ0) is 12.8. The summed E-state index contributed by atoms with van der Waals surface area (Å²) in [5.74, 6) is 0.728. The fourth-order valence-corrected chi connectivity index (χ4v) is 2.43. The number of aryl methyl sites for hydroxylation is 1. The number of hydrogen-bond acceptors (Lipinski definition) is 2. The van der Waals surface area contributed by atoms with Crippen molar-refractivity contribution in [3.8, 4) is 0 Å². The van der Waals surface area contributed by atoms with Gasteiger partial charge in [-0.05, 0) is 44.3 Å². The molecule has 18 heavy (non-hydrogen) atoms. The molecule has 1 unspecified atom stereocenters. The fraction of sp³-hybridized carbons (Fsp3) is 0.533. The molecule has 1 aliphatic rings. The van der Waals surface area contributed by atoms with Crippen LogP contribution < -0.4 is 10.6 Å². The van der Waals surface area contributed by atoms with Crippen molar-refractivity contribution in [2.45, 2.75) is 26.2 Å². The van der Waals surface area contributed by atoms with Crippen molar-refractivity contribution >= 4 is 5.91 Å². The van der Waals surface area contributed by atoms with Crippen molar-refractivity contribution in [1.29, 1.82) is 0 Å². The average Bonchev–Trinajstić information content (AvgIpc) is 2.38. The van der Waals surface area contributed by atoms with E-state index in [-0.39, 0.29) is 5.91 Å². The maximum absolute atomic E-state index is 11.8. The van der Waals surface area contributed by atoms with E-state index in [1.807, 2.05) is 12.1 Å². The lowest BCUT2D eigenvalue weighted by Gasteiger charge is -2.22. The van der Waals surface area contributed by atoms with Crippen LogP contribution in [0.2, 0.25) is 0 Å². The number of piperidine rings is 1. The van der Waals surface area contributed by atoms with Crippen LogP contribution in [-0.4, -0.2) is 25.5 Å². The molecular formula is C15H22N2O. The summed E-state index contributed by atoms with van der Waals surface area (Å²) in [5.41, 5.74) is 2.30. The predicted molar refractivity (Wildman–Crippen MR) is 73.5 cm³/mol. The smallest absolute Gasteiger partial charge is 0.224 e. The molecule has 1 heterocycles. The van der Waals surface area contributed by atoms with Crippen molar-refractivity contribution in [2.24, 2.45) is 5.92 Å². The third-order valence-corrected chi connectivity index (χ3v) is 3.43. The van der Waals surface area contributed by atoms with Gasteiger partial charge in [0, 0.05) is 6.54 Å². The first-order valence-corrected chi connectivity index (χ1v) is 6.77.